The standard InChI is InChI=1S/C17H24ClN3O2/c18-14-3-1-13(2-4-14)12-20-7-9-21(10-8-20)17(22)16-6-5-15(11-19)23-16/h1-4,15-16H,5-12,19H2/t15-,16+/m1/s1. The first kappa shape index (κ1) is 16.7. The molecule has 3 rings (SSSR count). The number of nitrogens with two attached hydrogens (primary N) is 1. The van der Waals surface area contributed by atoms with E-state index in [0.29, 0.717) is 6.54 Å². The summed E-state index contributed by atoms with van der Waals surface area (Å²) < 4.78 is 5.72. The van der Waals surface area contributed by atoms with E-state index in [2.05, 4.69) is 17.0 Å². The van der Waals surface area contributed by atoms with Crippen molar-refractivity contribution >= 4 is 17.5 Å². The molecule has 2 atom stereocenters. The summed E-state index contributed by atoms with van der Waals surface area (Å²) in [6.07, 6.45) is 1.45. The average Bonchev–Trinajstić information content (AvgIpc) is 3.06. The summed E-state index contributed by atoms with van der Waals surface area (Å²) in [5.41, 5.74) is 6.86. The number of rotatable bonds is 4. The van der Waals surface area contributed by atoms with Crippen molar-refractivity contribution in [2.75, 3.05) is 32.7 Å². The molecule has 0 radical (unpaired) electrons. The molecule has 0 bridgehead atoms. The van der Waals surface area contributed by atoms with Crippen LogP contribution in [0.3, 0.4) is 0 Å². The molecule has 2 fully saturated rings. The van der Waals surface area contributed by atoms with Crippen molar-refractivity contribution in [1.29, 1.82) is 0 Å². The molecule has 0 saturated carbocycles. The number of carbonyl (C=O) groups excluding carboxylic acids is 1. The summed E-state index contributed by atoms with van der Waals surface area (Å²) in [6, 6.07) is 7.95. The van der Waals surface area contributed by atoms with Crippen molar-refractivity contribution in [3.8, 4) is 0 Å². The predicted octanol–water partition coefficient (Wildman–Crippen LogP) is 1.49. The van der Waals surface area contributed by atoms with E-state index in [9.17, 15) is 4.79 Å². The number of benzene rings is 1. The lowest BCUT2D eigenvalue weighted by molar-refractivity contribution is -0.144. The van der Waals surface area contributed by atoms with E-state index in [1.807, 2.05) is 17.0 Å². The van der Waals surface area contributed by atoms with Crippen LogP contribution in [0.15, 0.2) is 24.3 Å². The van der Waals surface area contributed by atoms with Gasteiger partial charge in [0.2, 0.25) is 0 Å². The molecule has 0 spiro atoms. The van der Waals surface area contributed by atoms with E-state index in [-0.39, 0.29) is 18.1 Å². The highest BCUT2D eigenvalue weighted by Crippen LogP contribution is 2.21. The van der Waals surface area contributed by atoms with Crippen LogP contribution in [0.25, 0.3) is 0 Å². The number of hydrogen-bond donors (Lipinski definition) is 1. The first-order valence-electron chi connectivity index (χ1n) is 8.27. The van der Waals surface area contributed by atoms with Crippen LogP contribution in [0.4, 0.5) is 0 Å². The SMILES string of the molecule is NC[C@H]1CC[C@@H](C(=O)N2CCN(Cc3ccc(Cl)cc3)CC2)O1. The van der Waals surface area contributed by atoms with Crippen molar-refractivity contribution in [2.24, 2.45) is 5.73 Å². The van der Waals surface area contributed by atoms with Crippen LogP contribution >= 0.6 is 11.6 Å². The Balaban J connectivity index is 1.46. The normalized spacial score (nSPS) is 25.7. The zero-order valence-corrected chi connectivity index (χ0v) is 14.0. The Morgan fingerprint density at radius 2 is 1.87 bits per heavy atom. The number of halogens is 1. The van der Waals surface area contributed by atoms with Crippen molar-refractivity contribution in [3.05, 3.63) is 34.9 Å². The van der Waals surface area contributed by atoms with Crippen molar-refractivity contribution in [2.45, 2.75) is 31.6 Å². The smallest absolute Gasteiger partial charge is 0.251 e. The maximum atomic E-state index is 12.5. The fraction of sp³-hybridized carbons (Fsp3) is 0.588. The molecule has 0 unspecified atom stereocenters. The van der Waals surface area contributed by atoms with Crippen LogP contribution < -0.4 is 5.73 Å². The van der Waals surface area contributed by atoms with Crippen molar-refractivity contribution in [1.82, 2.24) is 9.80 Å². The molecule has 1 aromatic carbocycles. The quantitative estimate of drug-likeness (QED) is 0.904. The first-order chi connectivity index (χ1) is 11.2. The van der Waals surface area contributed by atoms with Gasteiger partial charge in [0, 0.05) is 44.3 Å². The Morgan fingerprint density at radius 3 is 2.48 bits per heavy atom. The Labute approximate surface area is 142 Å². The Bertz CT molecular complexity index is 529. The van der Waals surface area contributed by atoms with Gasteiger partial charge in [-0.15, -0.1) is 0 Å². The number of nitrogens with zero attached hydrogens (tertiary/aromatic N) is 2. The second-order valence-electron chi connectivity index (χ2n) is 6.29. The maximum Gasteiger partial charge on any atom is 0.251 e. The number of hydrogen-bond acceptors (Lipinski definition) is 4. The number of carbonyl (C=O) groups is 1. The fourth-order valence-electron chi connectivity index (χ4n) is 3.24. The average molecular weight is 338 g/mol. The van der Waals surface area contributed by atoms with E-state index in [0.717, 1.165) is 50.6 Å². The van der Waals surface area contributed by atoms with Crippen LogP contribution in [0.5, 0.6) is 0 Å². The van der Waals surface area contributed by atoms with Gasteiger partial charge in [-0.1, -0.05) is 23.7 Å². The summed E-state index contributed by atoms with van der Waals surface area (Å²) in [6.45, 7) is 4.70. The lowest BCUT2D eigenvalue weighted by Crippen LogP contribution is -2.51. The zero-order valence-electron chi connectivity index (χ0n) is 13.3. The van der Waals surface area contributed by atoms with Crippen molar-refractivity contribution < 1.29 is 9.53 Å². The van der Waals surface area contributed by atoms with Gasteiger partial charge in [0.05, 0.1) is 6.10 Å². The molecule has 2 aliphatic rings. The second-order valence-corrected chi connectivity index (χ2v) is 6.72. The second kappa shape index (κ2) is 7.62. The molecule has 126 valence electrons. The highest BCUT2D eigenvalue weighted by atomic mass is 35.5. The van der Waals surface area contributed by atoms with Gasteiger partial charge in [0.15, 0.2) is 0 Å². The summed E-state index contributed by atoms with van der Waals surface area (Å²) >= 11 is 5.91. The van der Waals surface area contributed by atoms with Gasteiger partial charge in [-0.25, -0.2) is 0 Å². The molecule has 2 heterocycles. The van der Waals surface area contributed by atoms with Gasteiger partial charge in [0.1, 0.15) is 6.10 Å². The third-order valence-corrected chi connectivity index (χ3v) is 4.90. The minimum absolute atomic E-state index is 0.0511. The van der Waals surface area contributed by atoms with Gasteiger partial charge >= 0.3 is 0 Å². The van der Waals surface area contributed by atoms with E-state index in [1.54, 1.807) is 0 Å². The highest BCUT2D eigenvalue weighted by Gasteiger charge is 2.33. The van der Waals surface area contributed by atoms with Crippen molar-refractivity contribution in [3.63, 3.8) is 0 Å². The largest absolute Gasteiger partial charge is 0.364 e. The van der Waals surface area contributed by atoms with E-state index < -0.39 is 0 Å². The number of amides is 1. The fourth-order valence-corrected chi connectivity index (χ4v) is 3.36. The molecule has 1 aromatic rings. The minimum atomic E-state index is -0.286. The number of ether oxygens (including phenoxy) is 1. The molecule has 1 amide bonds. The van der Waals surface area contributed by atoms with E-state index in [4.69, 9.17) is 22.1 Å². The highest BCUT2D eigenvalue weighted by molar-refractivity contribution is 6.30. The van der Waals surface area contributed by atoms with Crippen LogP contribution in [-0.4, -0.2) is 60.6 Å². The lowest BCUT2D eigenvalue weighted by atomic mass is 10.1. The molecule has 23 heavy (non-hydrogen) atoms. The summed E-state index contributed by atoms with van der Waals surface area (Å²) in [7, 11) is 0. The number of piperazine rings is 1. The molecule has 6 heteroatoms. The van der Waals surface area contributed by atoms with Gasteiger partial charge in [-0.2, -0.15) is 0 Å². The molecular weight excluding hydrogens is 314 g/mol. The predicted molar refractivity (Wildman–Crippen MR) is 90.3 cm³/mol. The van der Waals surface area contributed by atoms with Gasteiger partial charge < -0.3 is 15.4 Å². The lowest BCUT2D eigenvalue weighted by Gasteiger charge is -2.35. The molecule has 0 aromatic heterocycles. The van der Waals surface area contributed by atoms with Crippen LogP contribution in [0.1, 0.15) is 18.4 Å². The molecule has 2 N–H and O–H groups in total. The molecule has 5 nitrogen and oxygen atoms in total. The zero-order chi connectivity index (χ0) is 16.2. The maximum absolute atomic E-state index is 12.5. The molecule has 2 saturated heterocycles. The van der Waals surface area contributed by atoms with Gasteiger partial charge in [-0.3, -0.25) is 9.69 Å². The Morgan fingerprint density at radius 1 is 1.17 bits per heavy atom. The first-order valence-corrected chi connectivity index (χ1v) is 8.64. The molecule has 0 aliphatic carbocycles. The monoisotopic (exact) mass is 337 g/mol. The summed E-state index contributed by atoms with van der Waals surface area (Å²) in [4.78, 5) is 16.8. The summed E-state index contributed by atoms with van der Waals surface area (Å²) in [5, 5.41) is 0.761. The third kappa shape index (κ3) is 4.23. The molecule has 2 aliphatic heterocycles. The Kier molecular flexibility index (Phi) is 5.54. The van der Waals surface area contributed by atoms with Crippen LogP contribution in [-0.2, 0) is 16.1 Å². The minimum Gasteiger partial charge on any atom is -0.364 e. The van der Waals surface area contributed by atoms with E-state index in [1.165, 1.54) is 5.56 Å². The topological polar surface area (TPSA) is 58.8 Å². The van der Waals surface area contributed by atoms with Gasteiger partial charge in [-0.05, 0) is 30.5 Å². The third-order valence-electron chi connectivity index (χ3n) is 4.65. The summed E-state index contributed by atoms with van der Waals surface area (Å²) in [5.74, 6) is 0.132. The van der Waals surface area contributed by atoms with Gasteiger partial charge in [0.25, 0.3) is 5.91 Å². The molecular formula is C17H24ClN3O2. The van der Waals surface area contributed by atoms with E-state index >= 15 is 0 Å². The van der Waals surface area contributed by atoms with Crippen LogP contribution in [0, 0.1) is 0 Å². The Hall–Kier alpha value is -1.14. The van der Waals surface area contributed by atoms with Crippen LogP contribution in [0.2, 0.25) is 5.02 Å².